The molecule has 27 heavy (non-hydrogen) atoms. The molecule has 3 rings (SSSR count). The molecule has 0 atom stereocenters. The van der Waals surface area contributed by atoms with Crippen molar-refractivity contribution in [2.24, 2.45) is 0 Å². The number of aryl methyl sites for hydroxylation is 1. The smallest absolute Gasteiger partial charge is 0.220 e. The van der Waals surface area contributed by atoms with Crippen LogP contribution in [0.1, 0.15) is 23.3 Å². The largest absolute Gasteiger partial charge is 0.469 e. The van der Waals surface area contributed by atoms with E-state index in [2.05, 4.69) is 60.7 Å². The van der Waals surface area contributed by atoms with Crippen LogP contribution in [0.4, 0.5) is 0 Å². The Balaban J connectivity index is 1.62. The number of carbonyl (C=O) groups excluding carboxylic acids is 1. The zero-order valence-corrected chi connectivity index (χ0v) is 15.9. The maximum atomic E-state index is 12.1. The van der Waals surface area contributed by atoms with Gasteiger partial charge in [0.15, 0.2) is 0 Å². The van der Waals surface area contributed by atoms with Crippen molar-refractivity contribution >= 4 is 5.91 Å². The minimum absolute atomic E-state index is 0.0301. The molecular weight excluding hydrogens is 336 g/mol. The number of nitrogens with zero attached hydrogens (tertiary/aromatic N) is 1. The second-order valence-electron chi connectivity index (χ2n) is 6.95. The van der Waals surface area contributed by atoms with Gasteiger partial charge in [-0.25, -0.2) is 0 Å². The van der Waals surface area contributed by atoms with E-state index in [4.69, 9.17) is 4.42 Å². The second-order valence-corrected chi connectivity index (χ2v) is 6.95. The Kier molecular flexibility index (Phi) is 6.44. The summed E-state index contributed by atoms with van der Waals surface area (Å²) in [5, 5.41) is 3.02. The molecule has 1 aromatic heterocycles. The van der Waals surface area contributed by atoms with Crippen molar-refractivity contribution in [2.45, 2.75) is 25.9 Å². The molecule has 3 aromatic rings. The van der Waals surface area contributed by atoms with E-state index in [1.54, 1.807) is 6.26 Å². The van der Waals surface area contributed by atoms with Crippen molar-refractivity contribution in [1.29, 1.82) is 0 Å². The molecule has 1 N–H and O–H groups in total. The number of hydrogen-bond acceptors (Lipinski definition) is 3. The molecule has 0 spiro atoms. The standard InChI is InChI=1S/C23H26N2O2/c1-25(2)17-18-9-11-19(12-10-18)22-8-4-3-6-20(22)16-24-23(26)14-13-21-7-5-15-27-21/h3-12,15H,13-14,16-17H2,1-2H3,(H,24,26). The van der Waals surface area contributed by atoms with Crippen molar-refractivity contribution in [2.75, 3.05) is 14.1 Å². The predicted octanol–water partition coefficient (Wildman–Crippen LogP) is 4.26. The lowest BCUT2D eigenvalue weighted by molar-refractivity contribution is -0.121. The quantitative estimate of drug-likeness (QED) is 0.651. The SMILES string of the molecule is CN(C)Cc1ccc(-c2ccccc2CNC(=O)CCc2ccco2)cc1. The Bertz CT molecular complexity index is 852. The van der Waals surface area contributed by atoms with Gasteiger partial charge in [0, 0.05) is 25.9 Å². The summed E-state index contributed by atoms with van der Waals surface area (Å²) in [4.78, 5) is 14.3. The Labute approximate surface area is 160 Å². The molecule has 140 valence electrons. The number of benzene rings is 2. The predicted molar refractivity (Wildman–Crippen MR) is 108 cm³/mol. The first-order valence-electron chi connectivity index (χ1n) is 9.23. The van der Waals surface area contributed by atoms with Crippen LogP contribution < -0.4 is 5.32 Å². The third-order valence-corrected chi connectivity index (χ3v) is 4.44. The lowest BCUT2D eigenvalue weighted by Gasteiger charge is -2.13. The monoisotopic (exact) mass is 362 g/mol. The zero-order valence-electron chi connectivity index (χ0n) is 15.9. The van der Waals surface area contributed by atoms with Crippen molar-refractivity contribution in [1.82, 2.24) is 10.2 Å². The Morgan fingerprint density at radius 3 is 2.48 bits per heavy atom. The summed E-state index contributed by atoms with van der Waals surface area (Å²) in [6.07, 6.45) is 2.68. The van der Waals surface area contributed by atoms with E-state index in [9.17, 15) is 4.79 Å². The average Bonchev–Trinajstić information content (AvgIpc) is 3.19. The fourth-order valence-electron chi connectivity index (χ4n) is 3.08. The van der Waals surface area contributed by atoms with Crippen LogP contribution in [0.3, 0.4) is 0 Å². The highest BCUT2D eigenvalue weighted by Crippen LogP contribution is 2.24. The Morgan fingerprint density at radius 1 is 1.00 bits per heavy atom. The van der Waals surface area contributed by atoms with Gasteiger partial charge in [-0.15, -0.1) is 0 Å². The third kappa shape index (κ3) is 5.56. The summed E-state index contributed by atoms with van der Waals surface area (Å²) in [6.45, 7) is 1.44. The minimum atomic E-state index is 0.0301. The summed E-state index contributed by atoms with van der Waals surface area (Å²) < 4.78 is 5.27. The number of nitrogens with one attached hydrogen (secondary N) is 1. The molecule has 4 heteroatoms. The van der Waals surface area contributed by atoms with E-state index in [-0.39, 0.29) is 5.91 Å². The topological polar surface area (TPSA) is 45.5 Å². The molecule has 0 aliphatic heterocycles. The van der Waals surface area contributed by atoms with Gasteiger partial charge in [-0.05, 0) is 48.5 Å². The Morgan fingerprint density at radius 2 is 1.78 bits per heavy atom. The first kappa shape index (κ1) is 18.9. The van der Waals surface area contributed by atoms with Crippen LogP contribution in [-0.4, -0.2) is 24.9 Å². The summed E-state index contributed by atoms with van der Waals surface area (Å²) in [6, 6.07) is 20.6. The summed E-state index contributed by atoms with van der Waals surface area (Å²) in [7, 11) is 4.13. The molecule has 0 radical (unpaired) electrons. The molecule has 1 heterocycles. The summed E-state index contributed by atoms with van der Waals surface area (Å²) in [5.41, 5.74) is 4.72. The highest BCUT2D eigenvalue weighted by atomic mass is 16.3. The molecule has 0 aliphatic carbocycles. The van der Waals surface area contributed by atoms with E-state index >= 15 is 0 Å². The van der Waals surface area contributed by atoms with Crippen molar-refractivity contribution < 1.29 is 9.21 Å². The van der Waals surface area contributed by atoms with Gasteiger partial charge < -0.3 is 14.6 Å². The second kappa shape index (κ2) is 9.19. The van der Waals surface area contributed by atoms with Crippen LogP contribution >= 0.6 is 0 Å². The molecule has 0 aliphatic rings. The zero-order chi connectivity index (χ0) is 19.1. The van der Waals surface area contributed by atoms with Crippen molar-refractivity contribution in [3.8, 4) is 11.1 Å². The number of furan rings is 1. The highest BCUT2D eigenvalue weighted by molar-refractivity contribution is 5.76. The molecule has 1 amide bonds. The molecule has 4 nitrogen and oxygen atoms in total. The number of rotatable bonds is 8. The fourth-order valence-corrected chi connectivity index (χ4v) is 3.08. The van der Waals surface area contributed by atoms with Crippen LogP contribution in [0.2, 0.25) is 0 Å². The molecule has 0 saturated carbocycles. The number of carbonyl (C=O) groups is 1. The molecule has 0 fully saturated rings. The third-order valence-electron chi connectivity index (χ3n) is 4.44. The fraction of sp³-hybridized carbons (Fsp3) is 0.261. The summed E-state index contributed by atoms with van der Waals surface area (Å²) in [5.74, 6) is 0.867. The number of amides is 1. The van der Waals surface area contributed by atoms with Crippen LogP contribution in [0.15, 0.2) is 71.3 Å². The van der Waals surface area contributed by atoms with Gasteiger partial charge in [0.2, 0.25) is 5.91 Å². The first-order chi connectivity index (χ1) is 13.1. The molecular formula is C23H26N2O2. The average molecular weight is 362 g/mol. The van der Waals surface area contributed by atoms with Gasteiger partial charge in [-0.3, -0.25) is 4.79 Å². The van der Waals surface area contributed by atoms with E-state index in [1.807, 2.05) is 24.3 Å². The van der Waals surface area contributed by atoms with Crippen molar-refractivity contribution in [3.63, 3.8) is 0 Å². The van der Waals surface area contributed by atoms with E-state index in [1.165, 1.54) is 5.56 Å². The molecule has 2 aromatic carbocycles. The maximum Gasteiger partial charge on any atom is 0.220 e. The normalized spacial score (nSPS) is 10.9. The first-order valence-corrected chi connectivity index (χ1v) is 9.23. The molecule has 0 saturated heterocycles. The van der Waals surface area contributed by atoms with Crippen molar-refractivity contribution in [3.05, 3.63) is 83.8 Å². The highest BCUT2D eigenvalue weighted by Gasteiger charge is 2.08. The van der Waals surface area contributed by atoms with E-state index in [0.29, 0.717) is 19.4 Å². The van der Waals surface area contributed by atoms with Gasteiger partial charge in [0.05, 0.1) is 6.26 Å². The van der Waals surface area contributed by atoms with Crippen LogP contribution in [0.25, 0.3) is 11.1 Å². The van der Waals surface area contributed by atoms with E-state index in [0.717, 1.165) is 29.0 Å². The van der Waals surface area contributed by atoms with Gasteiger partial charge in [-0.2, -0.15) is 0 Å². The van der Waals surface area contributed by atoms with Crippen LogP contribution in [-0.2, 0) is 24.3 Å². The van der Waals surface area contributed by atoms with E-state index < -0.39 is 0 Å². The summed E-state index contributed by atoms with van der Waals surface area (Å²) >= 11 is 0. The van der Waals surface area contributed by atoms with Gasteiger partial charge in [-0.1, -0.05) is 48.5 Å². The lowest BCUT2D eigenvalue weighted by Crippen LogP contribution is -2.23. The van der Waals surface area contributed by atoms with Crippen LogP contribution in [0.5, 0.6) is 0 Å². The lowest BCUT2D eigenvalue weighted by atomic mass is 9.98. The van der Waals surface area contributed by atoms with Crippen LogP contribution in [0, 0.1) is 0 Å². The number of hydrogen-bond donors (Lipinski definition) is 1. The van der Waals surface area contributed by atoms with Gasteiger partial charge in [0.25, 0.3) is 0 Å². The molecule has 0 bridgehead atoms. The van der Waals surface area contributed by atoms with Gasteiger partial charge >= 0.3 is 0 Å². The Hall–Kier alpha value is -2.85. The maximum absolute atomic E-state index is 12.1. The molecule has 0 unspecified atom stereocenters. The minimum Gasteiger partial charge on any atom is -0.469 e. The van der Waals surface area contributed by atoms with Gasteiger partial charge in [0.1, 0.15) is 5.76 Å².